The normalized spacial score (nSPS) is 11.0. The van der Waals surface area contributed by atoms with Crippen LogP contribution in [0.15, 0.2) is 42.5 Å². The van der Waals surface area contributed by atoms with Crippen LogP contribution < -0.4 is 15.0 Å². The van der Waals surface area contributed by atoms with Crippen LogP contribution in [0.3, 0.4) is 0 Å². The van der Waals surface area contributed by atoms with Gasteiger partial charge in [-0.25, -0.2) is 9.37 Å². The van der Waals surface area contributed by atoms with Crippen LogP contribution in [-0.4, -0.2) is 29.2 Å². The first kappa shape index (κ1) is 24.7. The third-order valence-corrected chi connectivity index (χ3v) is 6.33. The maximum atomic E-state index is 14.8. The van der Waals surface area contributed by atoms with E-state index in [0.717, 1.165) is 34.8 Å². The van der Waals surface area contributed by atoms with Gasteiger partial charge < -0.3 is 9.47 Å². The first-order chi connectivity index (χ1) is 15.9. The number of nitrogens with one attached hydrogen (secondary N) is 2. The Kier molecular flexibility index (Phi) is 8.79. The van der Waals surface area contributed by atoms with Gasteiger partial charge in [-0.3, -0.25) is 16.1 Å². The highest BCUT2D eigenvalue weighted by Crippen LogP contribution is 2.35. The van der Waals surface area contributed by atoms with Gasteiger partial charge in [-0.1, -0.05) is 13.8 Å². The summed E-state index contributed by atoms with van der Waals surface area (Å²) in [6.07, 6.45) is 2.63. The van der Waals surface area contributed by atoms with Crippen LogP contribution in [0.2, 0.25) is 0 Å². The summed E-state index contributed by atoms with van der Waals surface area (Å²) in [5, 5.41) is 17.2. The highest BCUT2D eigenvalue weighted by molar-refractivity contribution is 7.12. The molecule has 2 aromatic carbocycles. The monoisotopic (exact) mass is 471 g/mol. The second-order valence-electron chi connectivity index (χ2n) is 8.01. The lowest BCUT2D eigenvalue weighted by molar-refractivity contribution is 0.234. The molecule has 6 nitrogen and oxygen atoms in total. The largest absolute Gasteiger partial charge is 0.494 e. The van der Waals surface area contributed by atoms with Gasteiger partial charge >= 0.3 is 0 Å². The number of thiazole rings is 1. The third kappa shape index (κ3) is 6.76. The van der Waals surface area contributed by atoms with Gasteiger partial charge in [0.2, 0.25) is 0 Å². The zero-order valence-corrected chi connectivity index (χ0v) is 20.0. The molecule has 0 fully saturated rings. The second-order valence-corrected chi connectivity index (χ2v) is 9.25. The van der Waals surface area contributed by atoms with Crippen molar-refractivity contribution in [2.45, 2.75) is 46.0 Å². The molecule has 1 aromatic heterocycles. The Bertz CT molecular complexity index is 1070. The first-order valence-electron chi connectivity index (χ1n) is 11.0. The average Bonchev–Trinajstić information content (AvgIpc) is 3.20. The van der Waals surface area contributed by atoms with Crippen LogP contribution in [0.5, 0.6) is 11.5 Å². The van der Waals surface area contributed by atoms with E-state index in [4.69, 9.17) is 20.1 Å². The van der Waals surface area contributed by atoms with Crippen molar-refractivity contribution in [2.75, 3.05) is 13.2 Å². The molecule has 0 aliphatic heterocycles. The molecule has 0 atom stereocenters. The molecule has 0 saturated carbocycles. The second kappa shape index (κ2) is 11.8. The molecule has 0 aliphatic carbocycles. The molecule has 8 heteroatoms. The summed E-state index contributed by atoms with van der Waals surface area (Å²) >= 11 is 1.62. The van der Waals surface area contributed by atoms with Gasteiger partial charge in [-0.2, -0.15) is 0 Å². The average molecular weight is 472 g/mol. The van der Waals surface area contributed by atoms with Crippen molar-refractivity contribution in [1.29, 1.82) is 5.41 Å². The number of amidine groups is 1. The molecular weight excluding hydrogens is 441 g/mol. The van der Waals surface area contributed by atoms with E-state index in [1.807, 2.05) is 12.4 Å². The van der Waals surface area contributed by atoms with E-state index in [9.17, 15) is 4.39 Å². The standard InChI is InChI=1S/C25H30FN3O3S/c1-16(2)24-23(28-17(3)33-24)21-12-11-20(15-22(21)26)32-14-6-4-5-13-31-19-9-7-18(8-10-19)25(27)29-30/h7-12,15-16,30H,4-6,13-14H2,1-3H3,(H2,27,29). The van der Waals surface area contributed by atoms with Crippen LogP contribution in [0, 0.1) is 18.2 Å². The Labute approximate surface area is 197 Å². The third-order valence-electron chi connectivity index (χ3n) is 5.06. The smallest absolute Gasteiger partial charge is 0.149 e. The lowest BCUT2D eigenvalue weighted by Gasteiger charge is -2.10. The number of halogens is 1. The van der Waals surface area contributed by atoms with Crippen molar-refractivity contribution in [3.8, 4) is 22.8 Å². The van der Waals surface area contributed by atoms with Gasteiger partial charge in [0.05, 0.1) is 23.9 Å². The molecule has 3 N–H and O–H groups in total. The van der Waals surface area contributed by atoms with Gasteiger partial charge in [0, 0.05) is 22.1 Å². The van der Waals surface area contributed by atoms with Gasteiger partial charge in [0.1, 0.15) is 23.2 Å². The number of hydrogen-bond acceptors (Lipinski definition) is 6. The fraction of sp³-hybridized carbons (Fsp3) is 0.360. The Morgan fingerprint density at radius 1 is 1.06 bits per heavy atom. The number of aryl methyl sites for hydroxylation is 1. The lowest BCUT2D eigenvalue weighted by atomic mass is 10.0. The Morgan fingerprint density at radius 2 is 1.70 bits per heavy atom. The summed E-state index contributed by atoms with van der Waals surface area (Å²) in [6.45, 7) is 7.21. The highest BCUT2D eigenvalue weighted by atomic mass is 32.1. The zero-order chi connectivity index (χ0) is 23.8. The van der Waals surface area contributed by atoms with Crippen molar-refractivity contribution in [2.24, 2.45) is 0 Å². The molecule has 0 bridgehead atoms. The minimum absolute atomic E-state index is 0.0605. The summed E-state index contributed by atoms with van der Waals surface area (Å²) in [5.41, 5.74) is 3.64. The number of hydroxylamine groups is 1. The number of aromatic nitrogens is 1. The van der Waals surface area contributed by atoms with E-state index in [1.54, 1.807) is 47.7 Å². The molecule has 0 amide bonds. The SMILES string of the molecule is Cc1nc(-c2ccc(OCCCCCOc3ccc(C(=N)NO)cc3)cc2F)c(C(C)C)s1. The Hall–Kier alpha value is -2.97. The Morgan fingerprint density at radius 3 is 2.30 bits per heavy atom. The molecule has 0 radical (unpaired) electrons. The highest BCUT2D eigenvalue weighted by Gasteiger charge is 2.17. The van der Waals surface area contributed by atoms with Gasteiger partial charge in [0.15, 0.2) is 0 Å². The van der Waals surface area contributed by atoms with E-state index >= 15 is 0 Å². The first-order valence-corrected chi connectivity index (χ1v) is 11.8. The molecule has 3 aromatic rings. The molecule has 1 heterocycles. The number of rotatable bonds is 11. The van der Waals surface area contributed by atoms with Crippen molar-refractivity contribution < 1.29 is 19.1 Å². The molecular formula is C25H30FN3O3S. The summed E-state index contributed by atoms with van der Waals surface area (Å²) in [7, 11) is 0. The zero-order valence-electron chi connectivity index (χ0n) is 19.2. The predicted molar refractivity (Wildman–Crippen MR) is 129 cm³/mol. The summed E-state index contributed by atoms with van der Waals surface area (Å²) in [5.74, 6) is 1.16. The van der Waals surface area contributed by atoms with Crippen molar-refractivity contribution in [3.63, 3.8) is 0 Å². The molecule has 0 unspecified atom stereocenters. The van der Waals surface area contributed by atoms with Crippen LogP contribution in [-0.2, 0) is 0 Å². The van der Waals surface area contributed by atoms with E-state index < -0.39 is 0 Å². The molecule has 176 valence electrons. The molecule has 3 rings (SSSR count). The summed E-state index contributed by atoms with van der Waals surface area (Å²) < 4.78 is 26.2. The van der Waals surface area contributed by atoms with Crippen molar-refractivity contribution in [3.05, 3.63) is 63.7 Å². The van der Waals surface area contributed by atoms with Gasteiger partial charge in [-0.15, -0.1) is 11.3 Å². The summed E-state index contributed by atoms with van der Waals surface area (Å²) in [6, 6.07) is 11.9. The predicted octanol–water partition coefficient (Wildman–Crippen LogP) is 6.31. The van der Waals surface area contributed by atoms with Crippen LogP contribution in [0.1, 0.15) is 54.5 Å². The van der Waals surface area contributed by atoms with Crippen molar-refractivity contribution in [1.82, 2.24) is 10.5 Å². The van der Waals surface area contributed by atoms with Crippen LogP contribution in [0.25, 0.3) is 11.3 Å². The van der Waals surface area contributed by atoms with E-state index in [2.05, 4.69) is 18.8 Å². The van der Waals surface area contributed by atoms with E-state index in [1.165, 1.54) is 6.07 Å². The number of unbranched alkanes of at least 4 members (excludes halogenated alkanes) is 2. The fourth-order valence-corrected chi connectivity index (χ4v) is 4.29. The topological polar surface area (TPSA) is 87.5 Å². The maximum Gasteiger partial charge on any atom is 0.149 e. The number of benzene rings is 2. The summed E-state index contributed by atoms with van der Waals surface area (Å²) in [4.78, 5) is 5.64. The van der Waals surface area contributed by atoms with E-state index in [-0.39, 0.29) is 11.7 Å². The molecule has 0 saturated heterocycles. The Balaban J connectivity index is 1.40. The molecule has 0 spiro atoms. The minimum atomic E-state index is -0.316. The number of ether oxygens (including phenoxy) is 2. The van der Waals surface area contributed by atoms with Crippen molar-refractivity contribution >= 4 is 17.2 Å². The van der Waals surface area contributed by atoms with Gasteiger partial charge in [-0.05, 0) is 68.5 Å². The quantitative estimate of drug-likeness (QED) is 0.132. The maximum absolute atomic E-state index is 14.8. The number of nitrogens with zero attached hydrogens (tertiary/aromatic N) is 1. The van der Waals surface area contributed by atoms with Gasteiger partial charge in [0.25, 0.3) is 0 Å². The van der Waals surface area contributed by atoms with Crippen LogP contribution in [0.4, 0.5) is 4.39 Å². The molecule has 0 aliphatic rings. The fourth-order valence-electron chi connectivity index (χ4n) is 3.35. The van der Waals surface area contributed by atoms with E-state index in [0.29, 0.717) is 41.8 Å². The lowest BCUT2D eigenvalue weighted by Crippen LogP contribution is -2.18. The number of hydrogen-bond donors (Lipinski definition) is 3. The van der Waals surface area contributed by atoms with Crippen LogP contribution >= 0.6 is 11.3 Å². The molecule has 33 heavy (non-hydrogen) atoms. The minimum Gasteiger partial charge on any atom is -0.494 e.